The molecule has 0 radical (unpaired) electrons. The number of nitro groups is 1. The molecule has 7 nitrogen and oxygen atoms in total. The molecule has 7 heteroatoms. The summed E-state index contributed by atoms with van der Waals surface area (Å²) in [6.45, 7) is 1.68. The minimum absolute atomic E-state index is 0.0983. The van der Waals surface area contributed by atoms with Crippen LogP contribution in [0.4, 0.5) is 11.4 Å². The molecule has 0 heterocycles. The lowest BCUT2D eigenvalue weighted by molar-refractivity contribution is -0.384. The molecule has 0 bridgehead atoms. The SMILES string of the molecule is Cc1ccccc1NC(=O)CNC(=O)c1ccc([N+](=O)[O-])cc1. The Labute approximate surface area is 132 Å². The highest BCUT2D eigenvalue weighted by molar-refractivity contribution is 5.99. The molecule has 0 atom stereocenters. The van der Waals surface area contributed by atoms with Crippen molar-refractivity contribution in [2.75, 3.05) is 11.9 Å². The van der Waals surface area contributed by atoms with E-state index in [4.69, 9.17) is 0 Å². The van der Waals surface area contributed by atoms with Crippen LogP contribution >= 0.6 is 0 Å². The average Bonchev–Trinajstić information content (AvgIpc) is 2.55. The lowest BCUT2D eigenvalue weighted by Gasteiger charge is -2.09. The van der Waals surface area contributed by atoms with Crippen molar-refractivity contribution in [3.05, 3.63) is 69.8 Å². The summed E-state index contributed by atoms with van der Waals surface area (Å²) in [5, 5.41) is 15.7. The van der Waals surface area contributed by atoms with Crippen LogP contribution < -0.4 is 10.6 Å². The molecular weight excluding hydrogens is 298 g/mol. The number of nitrogens with zero attached hydrogens (tertiary/aromatic N) is 1. The highest BCUT2D eigenvalue weighted by Gasteiger charge is 2.11. The fraction of sp³-hybridized carbons (Fsp3) is 0.125. The van der Waals surface area contributed by atoms with Crippen molar-refractivity contribution in [1.82, 2.24) is 5.32 Å². The van der Waals surface area contributed by atoms with Gasteiger partial charge in [-0.05, 0) is 30.7 Å². The summed E-state index contributed by atoms with van der Waals surface area (Å²) in [5.41, 5.74) is 1.75. The van der Waals surface area contributed by atoms with Crippen LogP contribution in [0.1, 0.15) is 15.9 Å². The van der Waals surface area contributed by atoms with E-state index in [1.807, 2.05) is 19.1 Å². The van der Waals surface area contributed by atoms with Gasteiger partial charge in [-0.25, -0.2) is 0 Å². The number of benzene rings is 2. The number of rotatable bonds is 5. The molecule has 0 saturated carbocycles. The van der Waals surface area contributed by atoms with Gasteiger partial charge in [0.25, 0.3) is 11.6 Å². The Kier molecular flexibility index (Phi) is 5.03. The van der Waals surface area contributed by atoms with E-state index in [9.17, 15) is 19.7 Å². The Hall–Kier alpha value is -3.22. The molecule has 2 amide bonds. The Morgan fingerprint density at radius 2 is 1.74 bits per heavy atom. The zero-order valence-electron chi connectivity index (χ0n) is 12.4. The van der Waals surface area contributed by atoms with Gasteiger partial charge in [0.05, 0.1) is 11.5 Å². The molecule has 118 valence electrons. The third-order valence-corrected chi connectivity index (χ3v) is 3.17. The van der Waals surface area contributed by atoms with E-state index in [1.165, 1.54) is 24.3 Å². The van der Waals surface area contributed by atoms with Crippen LogP contribution in [0.5, 0.6) is 0 Å². The molecule has 0 aliphatic carbocycles. The van der Waals surface area contributed by atoms with Crippen molar-refractivity contribution < 1.29 is 14.5 Å². The quantitative estimate of drug-likeness (QED) is 0.653. The van der Waals surface area contributed by atoms with Crippen LogP contribution in [0.2, 0.25) is 0 Å². The molecule has 0 saturated heterocycles. The summed E-state index contributed by atoms with van der Waals surface area (Å²) in [7, 11) is 0. The minimum Gasteiger partial charge on any atom is -0.343 e. The Morgan fingerprint density at radius 1 is 1.09 bits per heavy atom. The third kappa shape index (κ3) is 4.37. The number of hydrogen-bond donors (Lipinski definition) is 2. The van der Waals surface area contributed by atoms with Gasteiger partial charge in [0.15, 0.2) is 0 Å². The zero-order valence-corrected chi connectivity index (χ0v) is 12.4. The molecule has 2 N–H and O–H groups in total. The van der Waals surface area contributed by atoms with Crippen LogP contribution in [0.25, 0.3) is 0 Å². The number of hydrogen-bond acceptors (Lipinski definition) is 4. The second-order valence-corrected chi connectivity index (χ2v) is 4.85. The second-order valence-electron chi connectivity index (χ2n) is 4.85. The number of carbonyl (C=O) groups excluding carboxylic acids is 2. The minimum atomic E-state index is -0.544. The molecule has 0 aliphatic rings. The highest BCUT2D eigenvalue weighted by Crippen LogP contribution is 2.13. The van der Waals surface area contributed by atoms with E-state index in [2.05, 4.69) is 10.6 Å². The first-order valence-corrected chi connectivity index (χ1v) is 6.85. The molecule has 0 aromatic heterocycles. The number of para-hydroxylation sites is 1. The summed E-state index contributed by atoms with van der Waals surface area (Å²) in [6.07, 6.45) is 0. The van der Waals surface area contributed by atoms with Gasteiger partial charge in [0.1, 0.15) is 0 Å². The summed E-state index contributed by atoms with van der Waals surface area (Å²) < 4.78 is 0. The number of carbonyl (C=O) groups is 2. The van der Waals surface area contributed by atoms with Crippen LogP contribution in [0.15, 0.2) is 48.5 Å². The largest absolute Gasteiger partial charge is 0.343 e. The predicted octanol–water partition coefficient (Wildman–Crippen LogP) is 2.27. The maximum absolute atomic E-state index is 11.9. The molecule has 2 rings (SSSR count). The Balaban J connectivity index is 1.90. The maximum atomic E-state index is 11.9. The number of non-ortho nitro benzene ring substituents is 1. The van der Waals surface area contributed by atoms with E-state index >= 15 is 0 Å². The highest BCUT2D eigenvalue weighted by atomic mass is 16.6. The van der Waals surface area contributed by atoms with Gasteiger partial charge >= 0.3 is 0 Å². The lowest BCUT2D eigenvalue weighted by Crippen LogP contribution is -2.32. The average molecular weight is 313 g/mol. The van der Waals surface area contributed by atoms with Crippen LogP contribution in [-0.2, 0) is 4.79 Å². The first-order valence-electron chi connectivity index (χ1n) is 6.85. The zero-order chi connectivity index (χ0) is 16.8. The van der Waals surface area contributed by atoms with E-state index < -0.39 is 10.8 Å². The van der Waals surface area contributed by atoms with Crippen molar-refractivity contribution >= 4 is 23.2 Å². The fourth-order valence-electron chi connectivity index (χ4n) is 1.90. The Morgan fingerprint density at radius 3 is 2.35 bits per heavy atom. The number of anilines is 1. The van der Waals surface area contributed by atoms with Crippen molar-refractivity contribution in [2.45, 2.75) is 6.92 Å². The van der Waals surface area contributed by atoms with Crippen LogP contribution in [0.3, 0.4) is 0 Å². The van der Waals surface area contributed by atoms with E-state index in [-0.39, 0.29) is 23.7 Å². The molecule has 23 heavy (non-hydrogen) atoms. The van der Waals surface area contributed by atoms with Gasteiger partial charge in [-0.15, -0.1) is 0 Å². The van der Waals surface area contributed by atoms with Crippen molar-refractivity contribution in [2.24, 2.45) is 0 Å². The third-order valence-electron chi connectivity index (χ3n) is 3.17. The smallest absolute Gasteiger partial charge is 0.269 e. The monoisotopic (exact) mass is 313 g/mol. The van der Waals surface area contributed by atoms with E-state index in [0.717, 1.165) is 5.56 Å². The molecule has 2 aromatic rings. The fourth-order valence-corrected chi connectivity index (χ4v) is 1.90. The number of amides is 2. The first-order chi connectivity index (χ1) is 11.0. The topological polar surface area (TPSA) is 101 Å². The summed E-state index contributed by atoms with van der Waals surface area (Å²) >= 11 is 0. The van der Waals surface area contributed by atoms with Gasteiger partial charge in [0.2, 0.25) is 5.91 Å². The molecule has 0 aliphatic heterocycles. The predicted molar refractivity (Wildman–Crippen MR) is 85.2 cm³/mol. The number of nitrogens with one attached hydrogen (secondary N) is 2. The first kappa shape index (κ1) is 16.2. The molecular formula is C16H15N3O4. The normalized spacial score (nSPS) is 9.96. The molecule has 2 aromatic carbocycles. The molecule has 0 fully saturated rings. The van der Waals surface area contributed by atoms with Crippen molar-refractivity contribution in [3.63, 3.8) is 0 Å². The van der Waals surface area contributed by atoms with Crippen molar-refractivity contribution in [1.29, 1.82) is 0 Å². The lowest BCUT2D eigenvalue weighted by atomic mass is 10.2. The Bertz CT molecular complexity index is 741. The summed E-state index contributed by atoms with van der Waals surface area (Å²) in [6, 6.07) is 12.5. The van der Waals surface area contributed by atoms with Gasteiger partial charge in [-0.3, -0.25) is 19.7 Å². The summed E-state index contributed by atoms with van der Waals surface area (Å²) in [4.78, 5) is 33.7. The van der Waals surface area contributed by atoms with E-state index in [1.54, 1.807) is 12.1 Å². The van der Waals surface area contributed by atoms with Crippen LogP contribution in [-0.4, -0.2) is 23.3 Å². The molecule has 0 unspecified atom stereocenters. The van der Waals surface area contributed by atoms with E-state index in [0.29, 0.717) is 5.69 Å². The van der Waals surface area contributed by atoms with Gasteiger partial charge in [-0.1, -0.05) is 18.2 Å². The van der Waals surface area contributed by atoms with Crippen LogP contribution in [0, 0.1) is 17.0 Å². The second kappa shape index (κ2) is 7.17. The standard InChI is InChI=1S/C16H15N3O4/c1-11-4-2-3-5-14(11)18-15(20)10-17-16(21)12-6-8-13(9-7-12)19(22)23/h2-9H,10H2,1H3,(H,17,21)(H,18,20). The van der Waals surface area contributed by atoms with Gasteiger partial charge in [0, 0.05) is 23.4 Å². The summed E-state index contributed by atoms with van der Waals surface area (Å²) in [5.74, 6) is -0.825. The maximum Gasteiger partial charge on any atom is 0.269 e. The van der Waals surface area contributed by atoms with Gasteiger partial charge < -0.3 is 10.6 Å². The molecule has 0 spiro atoms. The number of nitro benzene ring substituents is 1. The van der Waals surface area contributed by atoms with Crippen molar-refractivity contribution in [3.8, 4) is 0 Å². The van der Waals surface area contributed by atoms with Gasteiger partial charge in [-0.2, -0.15) is 0 Å². The number of aryl methyl sites for hydroxylation is 1.